The van der Waals surface area contributed by atoms with Crippen LogP contribution in [0.25, 0.3) is 0 Å². The van der Waals surface area contributed by atoms with E-state index >= 15 is 0 Å². The SMILES string of the molecule is Cc1ccc(CNC(=O)[C@@H]2CCCCN2Cc2ccccc2)s1. The summed E-state index contributed by atoms with van der Waals surface area (Å²) in [5, 5.41) is 3.13. The van der Waals surface area contributed by atoms with Gasteiger partial charge in [0.05, 0.1) is 12.6 Å². The zero-order valence-corrected chi connectivity index (χ0v) is 14.4. The lowest BCUT2D eigenvalue weighted by atomic mass is 10.0. The second kappa shape index (κ2) is 7.75. The van der Waals surface area contributed by atoms with Crippen LogP contribution in [0.3, 0.4) is 0 Å². The molecule has 2 heterocycles. The van der Waals surface area contributed by atoms with Gasteiger partial charge in [-0.05, 0) is 44.0 Å². The van der Waals surface area contributed by atoms with E-state index in [1.165, 1.54) is 21.7 Å². The van der Waals surface area contributed by atoms with E-state index < -0.39 is 0 Å². The number of hydrogen-bond acceptors (Lipinski definition) is 3. The van der Waals surface area contributed by atoms with Gasteiger partial charge >= 0.3 is 0 Å². The summed E-state index contributed by atoms with van der Waals surface area (Å²) in [7, 11) is 0. The van der Waals surface area contributed by atoms with Crippen molar-refractivity contribution in [2.45, 2.75) is 45.3 Å². The standard InChI is InChI=1S/C19H24N2OS/c1-15-10-11-17(23-15)13-20-19(22)18-9-5-6-12-21(18)14-16-7-3-2-4-8-16/h2-4,7-8,10-11,18H,5-6,9,12-14H2,1H3,(H,20,22)/t18-/m0/s1. The first-order valence-corrected chi connectivity index (χ1v) is 9.15. The van der Waals surface area contributed by atoms with Crippen molar-refractivity contribution in [2.75, 3.05) is 6.54 Å². The van der Waals surface area contributed by atoms with Gasteiger partial charge in [0.15, 0.2) is 0 Å². The topological polar surface area (TPSA) is 32.3 Å². The number of rotatable bonds is 5. The molecule has 1 N–H and O–H groups in total. The molecule has 23 heavy (non-hydrogen) atoms. The summed E-state index contributed by atoms with van der Waals surface area (Å²) in [6.07, 6.45) is 3.28. The zero-order chi connectivity index (χ0) is 16.1. The highest BCUT2D eigenvalue weighted by atomic mass is 32.1. The van der Waals surface area contributed by atoms with Gasteiger partial charge in [-0.1, -0.05) is 36.8 Å². The fourth-order valence-electron chi connectivity index (χ4n) is 3.17. The van der Waals surface area contributed by atoms with Crippen LogP contribution < -0.4 is 5.32 Å². The van der Waals surface area contributed by atoms with Gasteiger partial charge in [0.2, 0.25) is 5.91 Å². The molecule has 0 aliphatic carbocycles. The number of hydrogen-bond donors (Lipinski definition) is 1. The first kappa shape index (κ1) is 16.2. The van der Waals surface area contributed by atoms with Crippen molar-refractivity contribution in [1.82, 2.24) is 10.2 Å². The molecule has 1 atom stereocenters. The third-order valence-corrected chi connectivity index (χ3v) is 5.38. The maximum absolute atomic E-state index is 12.6. The van der Waals surface area contributed by atoms with Crippen LogP contribution in [0, 0.1) is 6.92 Å². The number of benzene rings is 1. The summed E-state index contributed by atoms with van der Waals surface area (Å²) in [6, 6.07) is 14.6. The summed E-state index contributed by atoms with van der Waals surface area (Å²) in [6.45, 7) is 4.61. The molecule has 122 valence electrons. The minimum absolute atomic E-state index is 0.00464. The fourth-order valence-corrected chi connectivity index (χ4v) is 4.00. The molecule has 1 aromatic heterocycles. The number of likely N-dealkylation sites (tertiary alicyclic amines) is 1. The van der Waals surface area contributed by atoms with E-state index in [-0.39, 0.29) is 11.9 Å². The minimum Gasteiger partial charge on any atom is -0.350 e. The summed E-state index contributed by atoms with van der Waals surface area (Å²) in [4.78, 5) is 17.5. The van der Waals surface area contributed by atoms with Crippen LogP contribution in [0.1, 0.15) is 34.6 Å². The van der Waals surface area contributed by atoms with Gasteiger partial charge < -0.3 is 5.32 Å². The van der Waals surface area contributed by atoms with Crippen LogP contribution >= 0.6 is 11.3 Å². The Hall–Kier alpha value is -1.65. The van der Waals surface area contributed by atoms with Gasteiger partial charge in [-0.25, -0.2) is 0 Å². The van der Waals surface area contributed by atoms with Crippen LogP contribution in [-0.2, 0) is 17.9 Å². The summed E-state index contributed by atoms with van der Waals surface area (Å²) in [5.74, 6) is 0.173. The largest absolute Gasteiger partial charge is 0.350 e. The van der Waals surface area contributed by atoms with Gasteiger partial charge in [-0.15, -0.1) is 11.3 Å². The van der Waals surface area contributed by atoms with E-state index in [4.69, 9.17) is 0 Å². The second-order valence-corrected chi connectivity index (χ2v) is 7.57. The molecule has 3 rings (SSSR count). The molecule has 1 fully saturated rings. The van der Waals surface area contributed by atoms with Crippen molar-refractivity contribution in [3.8, 4) is 0 Å². The van der Waals surface area contributed by atoms with Gasteiger partial charge in [0.1, 0.15) is 0 Å². The second-order valence-electron chi connectivity index (χ2n) is 6.20. The first-order chi connectivity index (χ1) is 11.2. The Bertz CT molecular complexity index is 638. The maximum atomic E-state index is 12.6. The van der Waals surface area contributed by atoms with E-state index in [0.29, 0.717) is 6.54 Å². The van der Waals surface area contributed by atoms with E-state index in [1.807, 2.05) is 6.07 Å². The molecule has 1 aliphatic heterocycles. The molecule has 0 bridgehead atoms. The molecule has 0 spiro atoms. The average molecular weight is 328 g/mol. The highest BCUT2D eigenvalue weighted by molar-refractivity contribution is 7.11. The number of thiophene rings is 1. The third-order valence-electron chi connectivity index (χ3n) is 4.38. The lowest BCUT2D eigenvalue weighted by molar-refractivity contribution is -0.128. The Morgan fingerprint density at radius 1 is 1.22 bits per heavy atom. The Kier molecular flexibility index (Phi) is 5.47. The summed E-state index contributed by atoms with van der Waals surface area (Å²) in [5.41, 5.74) is 1.28. The minimum atomic E-state index is 0.00464. The highest BCUT2D eigenvalue weighted by Gasteiger charge is 2.28. The van der Waals surface area contributed by atoms with Gasteiger partial charge in [-0.3, -0.25) is 9.69 Å². The zero-order valence-electron chi connectivity index (χ0n) is 13.6. The van der Waals surface area contributed by atoms with E-state index in [9.17, 15) is 4.79 Å². The van der Waals surface area contributed by atoms with Crippen molar-refractivity contribution in [3.05, 3.63) is 57.8 Å². The van der Waals surface area contributed by atoms with Crippen LogP contribution in [-0.4, -0.2) is 23.4 Å². The Morgan fingerprint density at radius 3 is 2.78 bits per heavy atom. The average Bonchev–Trinajstić information content (AvgIpc) is 3.00. The van der Waals surface area contributed by atoms with Gasteiger partial charge in [-0.2, -0.15) is 0 Å². The number of piperidine rings is 1. The molecule has 0 saturated carbocycles. The summed E-state index contributed by atoms with van der Waals surface area (Å²) < 4.78 is 0. The predicted octanol–water partition coefficient (Wildman–Crippen LogP) is 3.73. The van der Waals surface area contributed by atoms with Gasteiger partial charge in [0.25, 0.3) is 0 Å². The predicted molar refractivity (Wildman–Crippen MR) is 95.4 cm³/mol. The molecule has 1 aromatic carbocycles. The quantitative estimate of drug-likeness (QED) is 0.907. The van der Waals surface area contributed by atoms with Crippen molar-refractivity contribution < 1.29 is 4.79 Å². The molecule has 1 amide bonds. The van der Waals surface area contributed by atoms with E-state index in [2.05, 4.69) is 53.5 Å². The van der Waals surface area contributed by atoms with Crippen molar-refractivity contribution in [3.63, 3.8) is 0 Å². The normalized spacial score (nSPS) is 18.7. The molecule has 0 unspecified atom stereocenters. The first-order valence-electron chi connectivity index (χ1n) is 8.33. The van der Waals surface area contributed by atoms with Crippen LogP contribution in [0.4, 0.5) is 0 Å². The number of aryl methyl sites for hydroxylation is 1. The number of nitrogens with one attached hydrogen (secondary N) is 1. The molecule has 4 heteroatoms. The van der Waals surface area contributed by atoms with E-state index in [0.717, 1.165) is 25.9 Å². The number of carbonyl (C=O) groups excluding carboxylic acids is 1. The molecule has 1 aliphatic rings. The molecular weight excluding hydrogens is 304 g/mol. The lowest BCUT2D eigenvalue weighted by Crippen LogP contribution is -2.48. The van der Waals surface area contributed by atoms with E-state index in [1.54, 1.807) is 11.3 Å². The van der Waals surface area contributed by atoms with Crippen LogP contribution in [0.5, 0.6) is 0 Å². The monoisotopic (exact) mass is 328 g/mol. The smallest absolute Gasteiger partial charge is 0.237 e. The number of amides is 1. The van der Waals surface area contributed by atoms with Crippen LogP contribution in [0.15, 0.2) is 42.5 Å². The number of carbonyl (C=O) groups is 1. The van der Waals surface area contributed by atoms with Crippen LogP contribution in [0.2, 0.25) is 0 Å². The van der Waals surface area contributed by atoms with Crippen molar-refractivity contribution in [2.24, 2.45) is 0 Å². The van der Waals surface area contributed by atoms with Gasteiger partial charge in [0, 0.05) is 16.3 Å². The fraction of sp³-hybridized carbons (Fsp3) is 0.421. The maximum Gasteiger partial charge on any atom is 0.237 e. The lowest BCUT2D eigenvalue weighted by Gasteiger charge is -2.34. The molecule has 3 nitrogen and oxygen atoms in total. The van der Waals surface area contributed by atoms with Crippen molar-refractivity contribution >= 4 is 17.2 Å². The highest BCUT2D eigenvalue weighted by Crippen LogP contribution is 2.20. The summed E-state index contributed by atoms with van der Waals surface area (Å²) >= 11 is 1.75. The Balaban J connectivity index is 1.59. The number of nitrogens with zero attached hydrogens (tertiary/aromatic N) is 1. The third kappa shape index (κ3) is 4.43. The Labute approximate surface area is 142 Å². The Morgan fingerprint density at radius 2 is 2.04 bits per heavy atom. The molecular formula is C19H24N2OS. The molecule has 2 aromatic rings. The van der Waals surface area contributed by atoms with Crippen molar-refractivity contribution in [1.29, 1.82) is 0 Å². The molecule has 0 radical (unpaired) electrons. The molecule has 1 saturated heterocycles.